The van der Waals surface area contributed by atoms with Crippen molar-refractivity contribution in [3.8, 4) is 0 Å². The molecule has 0 atom stereocenters. The minimum Gasteiger partial charge on any atom is -0.384 e. The van der Waals surface area contributed by atoms with Crippen molar-refractivity contribution >= 4 is 27.5 Å². The van der Waals surface area contributed by atoms with Gasteiger partial charge in [0.25, 0.3) is 0 Å². The molecule has 0 bridgehead atoms. The Balaban J connectivity index is 3.12. The van der Waals surface area contributed by atoms with Gasteiger partial charge in [0.1, 0.15) is 5.84 Å². The third-order valence-corrected chi connectivity index (χ3v) is 2.71. The molecule has 82 valence electrons. The molecule has 0 aliphatic carbocycles. The number of nitrogens with zero attached hydrogens (tertiary/aromatic N) is 1. The maximum atomic E-state index is 7.51. The highest BCUT2D eigenvalue weighted by Gasteiger charge is 2.09. The number of nitrogens with two attached hydrogens (primary N) is 1. The molecule has 15 heavy (non-hydrogen) atoms. The van der Waals surface area contributed by atoms with Crippen molar-refractivity contribution in [3.05, 3.63) is 28.2 Å². The zero-order valence-electron chi connectivity index (χ0n) is 9.05. The Morgan fingerprint density at radius 3 is 2.73 bits per heavy atom. The highest BCUT2D eigenvalue weighted by atomic mass is 79.9. The van der Waals surface area contributed by atoms with Gasteiger partial charge in [0.2, 0.25) is 0 Å². The molecule has 3 nitrogen and oxygen atoms in total. The third-order valence-electron chi connectivity index (χ3n) is 2.22. The van der Waals surface area contributed by atoms with Crippen molar-refractivity contribution in [3.63, 3.8) is 0 Å². The van der Waals surface area contributed by atoms with E-state index in [0.29, 0.717) is 0 Å². The molecule has 1 rings (SSSR count). The molecule has 0 fully saturated rings. The second-order valence-corrected chi connectivity index (χ2v) is 4.41. The number of benzene rings is 1. The van der Waals surface area contributed by atoms with Gasteiger partial charge >= 0.3 is 0 Å². The first kappa shape index (κ1) is 12.0. The van der Waals surface area contributed by atoms with Gasteiger partial charge in [0.05, 0.1) is 0 Å². The van der Waals surface area contributed by atoms with Crippen LogP contribution in [0, 0.1) is 5.41 Å². The Labute approximate surface area is 98.9 Å². The summed E-state index contributed by atoms with van der Waals surface area (Å²) in [4.78, 5) is 2.11. The average Bonchev–Trinajstić information content (AvgIpc) is 2.17. The van der Waals surface area contributed by atoms with E-state index in [1.807, 2.05) is 25.2 Å². The molecule has 0 aliphatic heterocycles. The van der Waals surface area contributed by atoms with E-state index in [-0.39, 0.29) is 5.84 Å². The van der Waals surface area contributed by atoms with Crippen molar-refractivity contribution in [1.29, 1.82) is 5.41 Å². The van der Waals surface area contributed by atoms with Gasteiger partial charge in [-0.3, -0.25) is 5.41 Å². The van der Waals surface area contributed by atoms with Crippen LogP contribution in [0.1, 0.15) is 18.9 Å². The largest absolute Gasteiger partial charge is 0.384 e. The standard InChI is InChI=1S/C11H16BrN3/c1-3-6-15(2)10-7-8(12)4-5-9(10)11(13)14/h4-5,7H,3,6H2,1-2H3,(H3,13,14). The van der Waals surface area contributed by atoms with E-state index in [1.165, 1.54) is 0 Å². The third kappa shape index (κ3) is 2.96. The number of rotatable bonds is 4. The SMILES string of the molecule is CCCN(C)c1cc(Br)ccc1C(=N)N. The summed E-state index contributed by atoms with van der Waals surface area (Å²) in [6.45, 7) is 3.08. The predicted octanol–water partition coefficient (Wildman–Crippen LogP) is 2.58. The van der Waals surface area contributed by atoms with Gasteiger partial charge in [0, 0.05) is 29.3 Å². The highest BCUT2D eigenvalue weighted by Crippen LogP contribution is 2.24. The summed E-state index contributed by atoms with van der Waals surface area (Å²) in [7, 11) is 2.01. The van der Waals surface area contributed by atoms with Crippen molar-refractivity contribution in [1.82, 2.24) is 0 Å². The fourth-order valence-corrected chi connectivity index (χ4v) is 1.85. The quantitative estimate of drug-likeness (QED) is 0.652. The number of nitrogen functional groups attached to an aromatic ring is 1. The first-order valence-corrected chi connectivity index (χ1v) is 5.70. The van der Waals surface area contributed by atoms with E-state index in [0.717, 1.165) is 28.7 Å². The van der Waals surface area contributed by atoms with Crippen LogP contribution in [0.25, 0.3) is 0 Å². The monoisotopic (exact) mass is 269 g/mol. The number of halogens is 1. The van der Waals surface area contributed by atoms with Crippen LogP contribution in [-0.4, -0.2) is 19.4 Å². The lowest BCUT2D eigenvalue weighted by atomic mass is 10.1. The van der Waals surface area contributed by atoms with E-state index in [1.54, 1.807) is 0 Å². The van der Waals surface area contributed by atoms with Crippen LogP contribution in [0.5, 0.6) is 0 Å². The molecule has 0 saturated carbocycles. The van der Waals surface area contributed by atoms with Gasteiger partial charge in [-0.15, -0.1) is 0 Å². The summed E-state index contributed by atoms with van der Waals surface area (Å²) in [5.74, 6) is 0.112. The lowest BCUT2D eigenvalue weighted by Crippen LogP contribution is -2.23. The molecule has 4 heteroatoms. The van der Waals surface area contributed by atoms with Crippen molar-refractivity contribution in [2.75, 3.05) is 18.5 Å². The Morgan fingerprint density at radius 1 is 1.53 bits per heavy atom. The minimum absolute atomic E-state index is 0.112. The number of hydrogen-bond acceptors (Lipinski definition) is 2. The number of nitrogens with one attached hydrogen (secondary N) is 1. The molecule has 0 unspecified atom stereocenters. The van der Waals surface area contributed by atoms with Gasteiger partial charge in [-0.05, 0) is 24.6 Å². The zero-order chi connectivity index (χ0) is 11.4. The molecule has 0 spiro atoms. The smallest absolute Gasteiger partial charge is 0.124 e. The number of amidine groups is 1. The van der Waals surface area contributed by atoms with Crippen molar-refractivity contribution in [2.24, 2.45) is 5.73 Å². The topological polar surface area (TPSA) is 53.1 Å². The number of anilines is 1. The minimum atomic E-state index is 0.112. The second-order valence-electron chi connectivity index (χ2n) is 3.50. The van der Waals surface area contributed by atoms with Crippen LogP contribution in [0.15, 0.2) is 22.7 Å². The summed E-state index contributed by atoms with van der Waals surface area (Å²) in [5.41, 5.74) is 7.32. The molecular weight excluding hydrogens is 254 g/mol. The van der Waals surface area contributed by atoms with Gasteiger partial charge in [-0.25, -0.2) is 0 Å². The Bertz CT molecular complexity index is 363. The van der Waals surface area contributed by atoms with E-state index in [2.05, 4.69) is 27.8 Å². The molecule has 0 amide bonds. The van der Waals surface area contributed by atoms with Crippen LogP contribution in [-0.2, 0) is 0 Å². The van der Waals surface area contributed by atoms with Crippen LogP contribution in [0.2, 0.25) is 0 Å². The maximum Gasteiger partial charge on any atom is 0.124 e. The molecule has 1 aromatic carbocycles. The van der Waals surface area contributed by atoms with E-state index < -0.39 is 0 Å². The zero-order valence-corrected chi connectivity index (χ0v) is 10.6. The van der Waals surface area contributed by atoms with Gasteiger partial charge in [-0.2, -0.15) is 0 Å². The molecule has 3 N–H and O–H groups in total. The van der Waals surface area contributed by atoms with Crippen LogP contribution < -0.4 is 10.6 Å². The molecule has 0 aliphatic rings. The van der Waals surface area contributed by atoms with Crippen LogP contribution in [0.3, 0.4) is 0 Å². The molecule has 0 radical (unpaired) electrons. The van der Waals surface area contributed by atoms with Crippen LogP contribution >= 0.6 is 15.9 Å². The lowest BCUT2D eigenvalue weighted by Gasteiger charge is -2.21. The van der Waals surface area contributed by atoms with Gasteiger partial charge in [0.15, 0.2) is 0 Å². The molecule has 0 heterocycles. The molecule has 0 saturated heterocycles. The molecular formula is C11H16BrN3. The Kier molecular flexibility index (Phi) is 4.15. The van der Waals surface area contributed by atoms with E-state index in [4.69, 9.17) is 11.1 Å². The second kappa shape index (κ2) is 5.16. The fourth-order valence-electron chi connectivity index (χ4n) is 1.50. The average molecular weight is 270 g/mol. The van der Waals surface area contributed by atoms with Gasteiger partial charge < -0.3 is 10.6 Å². The highest BCUT2D eigenvalue weighted by molar-refractivity contribution is 9.10. The Hall–Kier alpha value is -1.03. The van der Waals surface area contributed by atoms with E-state index in [9.17, 15) is 0 Å². The summed E-state index contributed by atoms with van der Waals surface area (Å²) < 4.78 is 1.01. The van der Waals surface area contributed by atoms with E-state index >= 15 is 0 Å². The van der Waals surface area contributed by atoms with Crippen molar-refractivity contribution < 1.29 is 0 Å². The molecule has 0 aromatic heterocycles. The summed E-state index contributed by atoms with van der Waals surface area (Å²) in [6, 6.07) is 5.76. The molecule has 1 aromatic rings. The van der Waals surface area contributed by atoms with Crippen LogP contribution in [0.4, 0.5) is 5.69 Å². The normalized spacial score (nSPS) is 10.1. The summed E-state index contributed by atoms with van der Waals surface area (Å²) in [5, 5.41) is 7.51. The van der Waals surface area contributed by atoms with Crippen molar-refractivity contribution in [2.45, 2.75) is 13.3 Å². The lowest BCUT2D eigenvalue weighted by molar-refractivity contribution is 0.851. The van der Waals surface area contributed by atoms with Gasteiger partial charge in [-0.1, -0.05) is 22.9 Å². The summed E-state index contributed by atoms with van der Waals surface area (Å²) >= 11 is 3.43. The first-order valence-electron chi connectivity index (χ1n) is 4.91. The number of hydrogen-bond donors (Lipinski definition) is 2. The maximum absolute atomic E-state index is 7.51. The first-order chi connectivity index (χ1) is 7.06. The fraction of sp³-hybridized carbons (Fsp3) is 0.364. The summed E-state index contributed by atoms with van der Waals surface area (Å²) in [6.07, 6.45) is 1.07. The Morgan fingerprint density at radius 2 is 2.20 bits per heavy atom. The predicted molar refractivity (Wildman–Crippen MR) is 68.7 cm³/mol.